The van der Waals surface area contributed by atoms with Gasteiger partial charge in [0.1, 0.15) is 12.4 Å². The number of nitrogens with one attached hydrogen (secondary N) is 1. The zero-order valence-corrected chi connectivity index (χ0v) is 18.6. The molecule has 1 aromatic rings. The number of ether oxygens (including phenoxy) is 2. The van der Waals surface area contributed by atoms with Gasteiger partial charge in [-0.05, 0) is 29.4 Å². The number of rotatable bonds is 6. The monoisotopic (exact) mass is 402 g/mol. The molecule has 0 aromatic heterocycles. The van der Waals surface area contributed by atoms with Crippen molar-refractivity contribution in [3.05, 3.63) is 29.8 Å². The van der Waals surface area contributed by atoms with Crippen molar-refractivity contribution >= 4 is 5.96 Å². The van der Waals surface area contributed by atoms with E-state index >= 15 is 0 Å². The summed E-state index contributed by atoms with van der Waals surface area (Å²) in [6.45, 7) is 15.2. The van der Waals surface area contributed by atoms with Gasteiger partial charge in [0.2, 0.25) is 0 Å². The molecule has 0 aliphatic carbocycles. The molecule has 2 aliphatic heterocycles. The predicted octanol–water partition coefficient (Wildman–Crippen LogP) is 2.59. The number of hydrogen-bond donors (Lipinski definition) is 1. The van der Waals surface area contributed by atoms with Gasteiger partial charge in [0, 0.05) is 39.8 Å². The zero-order valence-electron chi connectivity index (χ0n) is 18.6. The Hall–Kier alpha value is -1.79. The molecule has 3 rings (SSSR count). The number of nitrogens with zero attached hydrogens (tertiary/aromatic N) is 3. The summed E-state index contributed by atoms with van der Waals surface area (Å²) in [5.74, 6) is 2.67. The van der Waals surface area contributed by atoms with Gasteiger partial charge in [0.15, 0.2) is 5.96 Å². The summed E-state index contributed by atoms with van der Waals surface area (Å²) in [7, 11) is 1.87. The third-order valence-corrected chi connectivity index (χ3v) is 5.76. The van der Waals surface area contributed by atoms with Crippen LogP contribution in [0.1, 0.15) is 32.8 Å². The average molecular weight is 403 g/mol. The van der Waals surface area contributed by atoms with E-state index < -0.39 is 0 Å². The van der Waals surface area contributed by atoms with Crippen LogP contribution in [0.4, 0.5) is 0 Å². The van der Waals surface area contributed by atoms with E-state index in [9.17, 15) is 0 Å². The number of para-hydroxylation sites is 1. The molecule has 6 nitrogen and oxygen atoms in total. The summed E-state index contributed by atoms with van der Waals surface area (Å²) in [5.41, 5.74) is 1.32. The van der Waals surface area contributed by atoms with Crippen LogP contribution >= 0.6 is 0 Å². The lowest BCUT2D eigenvalue weighted by atomic mass is 9.86. The molecule has 1 aromatic carbocycles. The van der Waals surface area contributed by atoms with Crippen LogP contribution in [0.2, 0.25) is 0 Å². The topological polar surface area (TPSA) is 49.3 Å². The van der Waals surface area contributed by atoms with Gasteiger partial charge in [-0.3, -0.25) is 9.89 Å². The Morgan fingerprint density at radius 1 is 1.21 bits per heavy atom. The molecule has 1 unspecified atom stereocenters. The minimum Gasteiger partial charge on any atom is -0.491 e. The maximum Gasteiger partial charge on any atom is 0.193 e. The first kappa shape index (κ1) is 21.9. The van der Waals surface area contributed by atoms with Crippen LogP contribution in [0.5, 0.6) is 5.75 Å². The van der Waals surface area contributed by atoms with E-state index in [0.29, 0.717) is 12.5 Å². The van der Waals surface area contributed by atoms with Gasteiger partial charge in [-0.2, -0.15) is 0 Å². The fraction of sp³-hybridized carbons (Fsp3) is 0.696. The first-order valence-corrected chi connectivity index (χ1v) is 11.0. The van der Waals surface area contributed by atoms with E-state index in [-0.39, 0.29) is 5.41 Å². The summed E-state index contributed by atoms with van der Waals surface area (Å²) >= 11 is 0. The van der Waals surface area contributed by atoms with Crippen LogP contribution < -0.4 is 10.1 Å². The predicted molar refractivity (Wildman–Crippen MR) is 119 cm³/mol. The first-order chi connectivity index (χ1) is 14.0. The maximum absolute atomic E-state index is 6.09. The normalized spacial score (nSPS) is 21.4. The average Bonchev–Trinajstić information content (AvgIpc) is 3.16. The van der Waals surface area contributed by atoms with Crippen molar-refractivity contribution in [2.45, 2.75) is 32.6 Å². The van der Waals surface area contributed by atoms with Crippen molar-refractivity contribution in [3.63, 3.8) is 0 Å². The second-order valence-corrected chi connectivity index (χ2v) is 9.08. The molecule has 2 aliphatic rings. The van der Waals surface area contributed by atoms with E-state index in [0.717, 1.165) is 57.6 Å². The van der Waals surface area contributed by atoms with Crippen LogP contribution in [-0.2, 0) is 10.2 Å². The third-order valence-electron chi connectivity index (χ3n) is 5.76. The van der Waals surface area contributed by atoms with Crippen LogP contribution in [-0.4, -0.2) is 81.9 Å². The third kappa shape index (κ3) is 6.34. The Kier molecular flexibility index (Phi) is 7.78. The van der Waals surface area contributed by atoms with Gasteiger partial charge in [0.05, 0.1) is 19.8 Å². The molecular formula is C23H38N4O2. The highest BCUT2D eigenvalue weighted by Crippen LogP contribution is 2.30. The Labute approximate surface area is 176 Å². The molecule has 2 heterocycles. The molecule has 2 saturated heterocycles. The Bertz CT molecular complexity index is 665. The van der Waals surface area contributed by atoms with Crippen molar-refractivity contribution in [3.8, 4) is 5.75 Å². The van der Waals surface area contributed by atoms with Crippen molar-refractivity contribution in [1.29, 1.82) is 0 Å². The molecular weight excluding hydrogens is 364 g/mol. The molecule has 0 radical (unpaired) electrons. The van der Waals surface area contributed by atoms with Crippen LogP contribution in [0.3, 0.4) is 0 Å². The number of aliphatic imine (C=N–C) groups is 1. The van der Waals surface area contributed by atoms with E-state index in [4.69, 9.17) is 9.47 Å². The smallest absolute Gasteiger partial charge is 0.193 e. The molecule has 0 spiro atoms. The van der Waals surface area contributed by atoms with E-state index in [1.807, 2.05) is 13.1 Å². The van der Waals surface area contributed by atoms with E-state index in [2.05, 4.69) is 59.1 Å². The number of guanidine groups is 1. The molecule has 2 fully saturated rings. The first-order valence-electron chi connectivity index (χ1n) is 11.0. The molecule has 162 valence electrons. The summed E-state index contributed by atoms with van der Waals surface area (Å²) in [5, 5.41) is 3.48. The van der Waals surface area contributed by atoms with Crippen LogP contribution in [0, 0.1) is 5.92 Å². The molecule has 0 bridgehead atoms. The lowest BCUT2D eigenvalue weighted by molar-refractivity contribution is 0.0315. The Balaban J connectivity index is 1.42. The molecule has 0 saturated carbocycles. The molecule has 0 amide bonds. The summed E-state index contributed by atoms with van der Waals surface area (Å²) in [6, 6.07) is 8.33. The molecule has 29 heavy (non-hydrogen) atoms. The van der Waals surface area contributed by atoms with E-state index in [1.54, 1.807) is 0 Å². The second-order valence-electron chi connectivity index (χ2n) is 9.08. The maximum atomic E-state index is 6.09. The summed E-state index contributed by atoms with van der Waals surface area (Å²) in [6.07, 6.45) is 1.23. The van der Waals surface area contributed by atoms with Gasteiger partial charge < -0.3 is 19.7 Å². The van der Waals surface area contributed by atoms with Gasteiger partial charge >= 0.3 is 0 Å². The second kappa shape index (κ2) is 10.3. The van der Waals surface area contributed by atoms with E-state index in [1.165, 1.54) is 18.5 Å². The van der Waals surface area contributed by atoms with Crippen molar-refractivity contribution < 1.29 is 9.47 Å². The standard InChI is InChI=1S/C23H38N4O2/c1-23(2,3)20-7-5-6-8-21(20)29-14-10-25-22(24-4)27-11-9-19(18-27)17-26-12-15-28-16-13-26/h5-8,19H,9-18H2,1-4H3,(H,24,25). The lowest BCUT2D eigenvalue weighted by Crippen LogP contribution is -2.43. The highest BCUT2D eigenvalue weighted by molar-refractivity contribution is 5.80. The number of hydrogen-bond acceptors (Lipinski definition) is 4. The summed E-state index contributed by atoms with van der Waals surface area (Å²) in [4.78, 5) is 9.41. The van der Waals surface area contributed by atoms with Gasteiger partial charge in [-0.15, -0.1) is 0 Å². The quantitative estimate of drug-likeness (QED) is 0.450. The fourth-order valence-electron chi connectivity index (χ4n) is 4.19. The fourth-order valence-corrected chi connectivity index (χ4v) is 4.19. The zero-order chi connectivity index (χ0) is 20.7. The number of morpholine rings is 1. The molecule has 1 N–H and O–H groups in total. The van der Waals surface area contributed by atoms with Crippen LogP contribution in [0.25, 0.3) is 0 Å². The van der Waals surface area contributed by atoms with Gasteiger partial charge in [-0.1, -0.05) is 39.0 Å². The highest BCUT2D eigenvalue weighted by atomic mass is 16.5. The lowest BCUT2D eigenvalue weighted by Gasteiger charge is -2.29. The molecule has 1 atom stereocenters. The van der Waals surface area contributed by atoms with Gasteiger partial charge in [0.25, 0.3) is 0 Å². The minimum atomic E-state index is 0.0745. The number of benzene rings is 1. The number of likely N-dealkylation sites (tertiary alicyclic amines) is 1. The summed E-state index contributed by atoms with van der Waals surface area (Å²) < 4.78 is 11.5. The minimum absolute atomic E-state index is 0.0745. The molecule has 6 heteroatoms. The van der Waals surface area contributed by atoms with Gasteiger partial charge in [-0.25, -0.2) is 0 Å². The SMILES string of the molecule is CN=C(NCCOc1ccccc1C(C)(C)C)N1CCC(CN2CCOCC2)C1. The van der Waals surface area contributed by atoms with Crippen molar-refractivity contribution in [2.24, 2.45) is 10.9 Å². The van der Waals surface area contributed by atoms with Crippen molar-refractivity contribution in [2.75, 3.05) is 66.1 Å². The highest BCUT2D eigenvalue weighted by Gasteiger charge is 2.27. The largest absolute Gasteiger partial charge is 0.491 e. The van der Waals surface area contributed by atoms with Crippen LogP contribution in [0.15, 0.2) is 29.3 Å². The Morgan fingerprint density at radius 2 is 1.97 bits per heavy atom. The Morgan fingerprint density at radius 3 is 2.69 bits per heavy atom. The van der Waals surface area contributed by atoms with Crippen molar-refractivity contribution in [1.82, 2.24) is 15.1 Å².